The van der Waals surface area contributed by atoms with Crippen molar-refractivity contribution in [2.45, 2.75) is 13.3 Å². The molecule has 0 heterocycles. The molecule has 10 heteroatoms. The Morgan fingerprint density at radius 1 is 1.29 bits per heavy atom. The molecule has 28 heavy (non-hydrogen) atoms. The fraction of sp³-hybridized carbons (Fsp3) is 0.167. The van der Waals surface area contributed by atoms with Crippen LogP contribution in [0.25, 0.3) is 0 Å². The van der Waals surface area contributed by atoms with E-state index in [4.69, 9.17) is 27.9 Å². The van der Waals surface area contributed by atoms with E-state index in [-0.39, 0.29) is 16.5 Å². The van der Waals surface area contributed by atoms with E-state index in [0.29, 0.717) is 27.4 Å². The number of hydrogen-bond acceptors (Lipinski definition) is 5. The second-order valence-electron chi connectivity index (χ2n) is 5.40. The molecule has 0 aliphatic carbocycles. The van der Waals surface area contributed by atoms with Crippen molar-refractivity contribution >= 4 is 62.8 Å². The van der Waals surface area contributed by atoms with Gasteiger partial charge >= 0.3 is 0 Å². The fourth-order valence-corrected chi connectivity index (χ4v) is 2.90. The zero-order chi connectivity index (χ0) is 20.7. The number of carbonyl (C=O) groups is 2. The second kappa shape index (κ2) is 10.3. The molecule has 7 nitrogen and oxygen atoms in total. The third-order valence-corrected chi connectivity index (χ3v) is 4.72. The Balaban J connectivity index is 1.93. The number of hydrazone groups is 1. The van der Waals surface area contributed by atoms with Crippen LogP contribution < -0.4 is 15.5 Å². The Morgan fingerprint density at radius 3 is 2.75 bits per heavy atom. The van der Waals surface area contributed by atoms with Crippen molar-refractivity contribution in [2.24, 2.45) is 5.10 Å². The molecule has 2 aromatic carbocycles. The van der Waals surface area contributed by atoms with Gasteiger partial charge in [-0.25, -0.2) is 5.43 Å². The van der Waals surface area contributed by atoms with Gasteiger partial charge in [0.05, 0.1) is 33.0 Å². The summed E-state index contributed by atoms with van der Waals surface area (Å²) in [4.78, 5) is 23.8. The molecule has 0 saturated carbocycles. The molecule has 0 aliphatic heterocycles. The largest absolute Gasteiger partial charge is 0.503 e. The summed E-state index contributed by atoms with van der Waals surface area (Å²) in [5.41, 5.74) is 3.14. The number of benzene rings is 2. The van der Waals surface area contributed by atoms with Crippen LogP contribution in [-0.2, 0) is 9.59 Å². The molecular formula is C18H16BrCl2N3O4. The Hall–Kier alpha value is -2.29. The third-order valence-electron chi connectivity index (χ3n) is 3.30. The maximum Gasteiger partial charge on any atom is 0.249 e. The summed E-state index contributed by atoms with van der Waals surface area (Å²) in [6, 6.07) is 7.94. The Kier molecular flexibility index (Phi) is 8.10. The number of nitrogens with one attached hydrogen (secondary N) is 2. The monoisotopic (exact) mass is 487 g/mol. The van der Waals surface area contributed by atoms with E-state index in [1.165, 1.54) is 6.21 Å². The van der Waals surface area contributed by atoms with Gasteiger partial charge in [0.15, 0.2) is 11.5 Å². The molecule has 0 bridgehead atoms. The van der Waals surface area contributed by atoms with Crippen molar-refractivity contribution in [2.75, 3.05) is 11.9 Å². The normalized spacial score (nSPS) is 10.7. The molecule has 0 atom stereocenters. The Morgan fingerprint density at radius 2 is 2.04 bits per heavy atom. The highest BCUT2D eigenvalue weighted by molar-refractivity contribution is 9.10. The smallest absolute Gasteiger partial charge is 0.249 e. The van der Waals surface area contributed by atoms with Gasteiger partial charge in [0.2, 0.25) is 11.8 Å². The zero-order valence-electron chi connectivity index (χ0n) is 14.6. The summed E-state index contributed by atoms with van der Waals surface area (Å²) >= 11 is 15.1. The Bertz CT molecular complexity index is 922. The van der Waals surface area contributed by atoms with Crippen molar-refractivity contribution in [3.8, 4) is 11.5 Å². The number of nitrogens with zero attached hydrogens (tertiary/aromatic N) is 1. The van der Waals surface area contributed by atoms with Crippen molar-refractivity contribution in [1.82, 2.24) is 5.43 Å². The molecule has 0 saturated heterocycles. The number of carbonyl (C=O) groups excluding carboxylic acids is 2. The standard InChI is InChI=1S/C18H16BrCl2N3O4/c1-2-28-14-7-10(6-11(19)18(14)27)9-22-24-16(26)8-15(25)23-13-5-3-4-12(20)17(13)21/h3-7,9,27H,2,8H2,1H3,(H,23,25)(H,24,26)/b22-9+. The van der Waals surface area contributed by atoms with Crippen LogP contribution in [0.1, 0.15) is 18.9 Å². The van der Waals surface area contributed by atoms with Crippen molar-refractivity contribution in [3.63, 3.8) is 0 Å². The first kappa shape index (κ1) is 22.0. The van der Waals surface area contributed by atoms with Gasteiger partial charge in [-0.15, -0.1) is 0 Å². The first-order valence-corrected chi connectivity index (χ1v) is 9.57. The number of ether oxygens (including phenoxy) is 1. The predicted octanol–water partition coefficient (Wildman–Crippen LogP) is 4.34. The highest BCUT2D eigenvalue weighted by Crippen LogP contribution is 2.35. The van der Waals surface area contributed by atoms with Crippen LogP contribution in [0.15, 0.2) is 39.9 Å². The minimum atomic E-state index is -0.616. The number of anilines is 1. The van der Waals surface area contributed by atoms with E-state index < -0.39 is 18.2 Å². The van der Waals surface area contributed by atoms with Crippen LogP contribution in [0, 0.1) is 0 Å². The maximum absolute atomic E-state index is 11.9. The highest BCUT2D eigenvalue weighted by atomic mass is 79.9. The lowest BCUT2D eigenvalue weighted by Crippen LogP contribution is -2.24. The molecule has 148 valence electrons. The van der Waals surface area contributed by atoms with Crippen LogP contribution in [-0.4, -0.2) is 29.7 Å². The van der Waals surface area contributed by atoms with Crippen LogP contribution in [0.3, 0.4) is 0 Å². The lowest BCUT2D eigenvalue weighted by atomic mass is 10.2. The molecule has 0 aliphatic rings. The molecule has 0 unspecified atom stereocenters. The SMILES string of the molecule is CCOc1cc(/C=N/NC(=O)CC(=O)Nc2cccc(Cl)c2Cl)cc(Br)c1O. The van der Waals surface area contributed by atoms with E-state index in [9.17, 15) is 14.7 Å². The molecule has 2 amide bonds. The minimum absolute atomic E-state index is 0.0283. The maximum atomic E-state index is 11.9. The van der Waals surface area contributed by atoms with Gasteiger partial charge in [-0.3, -0.25) is 9.59 Å². The third kappa shape index (κ3) is 6.12. The summed E-state index contributed by atoms with van der Waals surface area (Å²) < 4.78 is 5.73. The number of phenolic OH excluding ortho intramolecular Hbond substituents is 1. The fourth-order valence-electron chi connectivity index (χ4n) is 2.09. The zero-order valence-corrected chi connectivity index (χ0v) is 17.7. The van der Waals surface area contributed by atoms with Gasteiger partial charge in [-0.2, -0.15) is 5.10 Å². The molecule has 3 N–H and O–H groups in total. The highest BCUT2D eigenvalue weighted by Gasteiger charge is 2.12. The average Bonchev–Trinajstić information content (AvgIpc) is 2.63. The topological polar surface area (TPSA) is 100 Å². The van der Waals surface area contributed by atoms with Crippen LogP contribution in [0.5, 0.6) is 11.5 Å². The second-order valence-corrected chi connectivity index (χ2v) is 7.04. The van der Waals surface area contributed by atoms with Gasteiger partial charge in [0.1, 0.15) is 6.42 Å². The van der Waals surface area contributed by atoms with E-state index in [1.54, 1.807) is 37.3 Å². The summed E-state index contributed by atoms with van der Waals surface area (Å²) in [7, 11) is 0. The molecule has 0 radical (unpaired) electrons. The molecule has 0 fully saturated rings. The van der Waals surface area contributed by atoms with Crippen molar-refractivity contribution in [1.29, 1.82) is 0 Å². The molecule has 2 aromatic rings. The van der Waals surface area contributed by atoms with E-state index in [1.807, 2.05) is 0 Å². The Labute approximate surface area is 179 Å². The number of hydrogen-bond donors (Lipinski definition) is 3. The van der Waals surface area contributed by atoms with Crippen molar-refractivity contribution < 1.29 is 19.4 Å². The molecular weight excluding hydrogens is 473 g/mol. The van der Waals surface area contributed by atoms with Crippen LogP contribution in [0.4, 0.5) is 5.69 Å². The summed E-state index contributed by atoms with van der Waals surface area (Å²) in [5.74, 6) is -0.931. The molecule has 2 rings (SSSR count). The van der Waals surface area contributed by atoms with E-state index in [2.05, 4.69) is 31.8 Å². The minimum Gasteiger partial charge on any atom is -0.503 e. The quantitative estimate of drug-likeness (QED) is 0.306. The summed E-state index contributed by atoms with van der Waals surface area (Å²) in [6.45, 7) is 2.17. The first-order chi connectivity index (χ1) is 13.3. The summed E-state index contributed by atoms with van der Waals surface area (Å²) in [5, 5.41) is 16.7. The number of rotatable bonds is 7. The molecule has 0 spiro atoms. The van der Waals surface area contributed by atoms with Gasteiger partial charge in [0, 0.05) is 0 Å². The number of phenols is 1. The molecule has 0 aromatic heterocycles. The predicted molar refractivity (Wildman–Crippen MR) is 112 cm³/mol. The van der Waals surface area contributed by atoms with Gasteiger partial charge < -0.3 is 15.2 Å². The van der Waals surface area contributed by atoms with Gasteiger partial charge in [-0.05, 0) is 52.7 Å². The number of aromatic hydroxyl groups is 1. The van der Waals surface area contributed by atoms with E-state index >= 15 is 0 Å². The van der Waals surface area contributed by atoms with Crippen LogP contribution >= 0.6 is 39.1 Å². The number of halogens is 3. The van der Waals surface area contributed by atoms with Gasteiger partial charge in [-0.1, -0.05) is 29.3 Å². The average molecular weight is 489 g/mol. The number of amides is 2. The lowest BCUT2D eigenvalue weighted by Gasteiger charge is -2.08. The van der Waals surface area contributed by atoms with Crippen LogP contribution in [0.2, 0.25) is 10.0 Å². The first-order valence-electron chi connectivity index (χ1n) is 8.03. The lowest BCUT2D eigenvalue weighted by molar-refractivity contribution is -0.126. The van der Waals surface area contributed by atoms with E-state index in [0.717, 1.165) is 0 Å². The van der Waals surface area contributed by atoms with Crippen molar-refractivity contribution in [3.05, 3.63) is 50.4 Å². The summed E-state index contributed by atoms with van der Waals surface area (Å²) in [6.07, 6.45) is 0.903. The van der Waals surface area contributed by atoms with Gasteiger partial charge in [0.25, 0.3) is 0 Å².